The van der Waals surface area contributed by atoms with Crippen molar-refractivity contribution < 1.29 is 13.9 Å². The third kappa shape index (κ3) is 2.25. The molecule has 0 amide bonds. The predicted octanol–water partition coefficient (Wildman–Crippen LogP) is 4.73. The number of benzene rings is 2. The van der Waals surface area contributed by atoms with Gasteiger partial charge in [0.25, 0.3) is 0 Å². The second kappa shape index (κ2) is 5.17. The predicted molar refractivity (Wildman–Crippen MR) is 84.2 cm³/mol. The quantitative estimate of drug-likeness (QED) is 0.695. The molecule has 0 saturated carbocycles. The Morgan fingerprint density at radius 3 is 2.24 bits per heavy atom. The maximum atomic E-state index is 6.07. The minimum Gasteiger partial charge on any atom is -0.497 e. The molecule has 0 spiro atoms. The zero-order valence-electron chi connectivity index (χ0n) is 12.7. The molecule has 0 radical (unpaired) electrons. The molecule has 0 aliphatic carbocycles. The lowest BCUT2D eigenvalue weighted by atomic mass is 10.1. The van der Waals surface area contributed by atoms with Crippen molar-refractivity contribution in [3.8, 4) is 22.8 Å². The first-order valence-electron chi connectivity index (χ1n) is 6.86. The van der Waals surface area contributed by atoms with Crippen LogP contribution in [0.1, 0.15) is 11.1 Å². The van der Waals surface area contributed by atoms with Crippen molar-refractivity contribution in [3.63, 3.8) is 0 Å². The Hall–Kier alpha value is -2.42. The van der Waals surface area contributed by atoms with Crippen LogP contribution in [0.2, 0.25) is 0 Å². The van der Waals surface area contributed by atoms with Gasteiger partial charge in [-0.05, 0) is 55.8 Å². The fourth-order valence-corrected chi connectivity index (χ4v) is 2.59. The summed E-state index contributed by atoms with van der Waals surface area (Å²) in [6.07, 6.45) is 0. The second-order valence-electron chi connectivity index (χ2n) is 5.13. The Morgan fingerprint density at radius 1 is 0.905 bits per heavy atom. The molecule has 0 atom stereocenters. The summed E-state index contributed by atoms with van der Waals surface area (Å²) in [7, 11) is 3.33. The van der Waals surface area contributed by atoms with E-state index in [1.807, 2.05) is 30.3 Å². The van der Waals surface area contributed by atoms with E-state index in [9.17, 15) is 0 Å². The van der Waals surface area contributed by atoms with E-state index >= 15 is 0 Å². The lowest BCUT2D eigenvalue weighted by Crippen LogP contribution is -1.84. The van der Waals surface area contributed by atoms with E-state index in [4.69, 9.17) is 13.9 Å². The minimum absolute atomic E-state index is 0.771. The van der Waals surface area contributed by atoms with Crippen molar-refractivity contribution in [1.29, 1.82) is 0 Å². The van der Waals surface area contributed by atoms with Gasteiger partial charge in [-0.3, -0.25) is 0 Å². The highest BCUT2D eigenvalue weighted by Crippen LogP contribution is 2.38. The zero-order chi connectivity index (χ0) is 15.0. The van der Waals surface area contributed by atoms with Crippen molar-refractivity contribution in [2.75, 3.05) is 14.2 Å². The average molecular weight is 282 g/mol. The number of aryl methyl sites for hydroxylation is 2. The topological polar surface area (TPSA) is 31.6 Å². The summed E-state index contributed by atoms with van der Waals surface area (Å²) >= 11 is 0. The molecule has 3 heteroatoms. The van der Waals surface area contributed by atoms with Gasteiger partial charge < -0.3 is 13.9 Å². The molecule has 0 saturated heterocycles. The Balaban J connectivity index is 2.21. The summed E-state index contributed by atoms with van der Waals surface area (Å²) in [4.78, 5) is 0. The van der Waals surface area contributed by atoms with Gasteiger partial charge in [-0.25, -0.2) is 0 Å². The standard InChI is InChI=1S/C18H18O3/c1-11-9-15-12(2)17(21-18(15)16(10-11)20-4)13-5-7-14(19-3)8-6-13/h5-10H,1-4H3. The first kappa shape index (κ1) is 13.6. The highest BCUT2D eigenvalue weighted by molar-refractivity contribution is 5.92. The SMILES string of the molecule is COc1ccc(-c2oc3c(OC)cc(C)cc3c2C)cc1. The second-order valence-corrected chi connectivity index (χ2v) is 5.13. The van der Waals surface area contributed by atoms with E-state index < -0.39 is 0 Å². The molecule has 0 N–H and O–H groups in total. The molecular weight excluding hydrogens is 264 g/mol. The first-order chi connectivity index (χ1) is 10.1. The summed E-state index contributed by atoms with van der Waals surface area (Å²) in [6.45, 7) is 4.13. The molecule has 3 rings (SSSR count). The number of ether oxygens (including phenoxy) is 2. The Bertz CT molecular complexity index is 782. The fraction of sp³-hybridized carbons (Fsp3) is 0.222. The minimum atomic E-state index is 0.771. The van der Waals surface area contributed by atoms with Crippen LogP contribution in [0.4, 0.5) is 0 Å². The summed E-state index contributed by atoms with van der Waals surface area (Å²) < 4.78 is 16.7. The largest absolute Gasteiger partial charge is 0.497 e. The van der Waals surface area contributed by atoms with Crippen LogP contribution in [-0.2, 0) is 0 Å². The van der Waals surface area contributed by atoms with Gasteiger partial charge in [-0.15, -0.1) is 0 Å². The van der Waals surface area contributed by atoms with E-state index in [1.165, 1.54) is 0 Å². The van der Waals surface area contributed by atoms with Gasteiger partial charge in [0.05, 0.1) is 14.2 Å². The molecule has 1 aromatic heterocycles. The molecule has 3 nitrogen and oxygen atoms in total. The van der Waals surface area contributed by atoms with Crippen LogP contribution in [-0.4, -0.2) is 14.2 Å². The molecule has 2 aromatic carbocycles. The van der Waals surface area contributed by atoms with Crippen LogP contribution >= 0.6 is 0 Å². The molecule has 0 fully saturated rings. The lowest BCUT2D eigenvalue weighted by Gasteiger charge is -2.02. The van der Waals surface area contributed by atoms with Crippen molar-refractivity contribution >= 4 is 11.0 Å². The van der Waals surface area contributed by atoms with E-state index in [0.717, 1.165) is 44.9 Å². The molecule has 21 heavy (non-hydrogen) atoms. The normalized spacial score (nSPS) is 10.9. The van der Waals surface area contributed by atoms with Crippen LogP contribution in [0.25, 0.3) is 22.3 Å². The van der Waals surface area contributed by atoms with Crippen LogP contribution in [0.3, 0.4) is 0 Å². The van der Waals surface area contributed by atoms with Gasteiger partial charge in [-0.1, -0.05) is 0 Å². The maximum absolute atomic E-state index is 6.07. The van der Waals surface area contributed by atoms with Gasteiger partial charge in [-0.2, -0.15) is 0 Å². The fourth-order valence-electron chi connectivity index (χ4n) is 2.59. The number of furan rings is 1. The number of fused-ring (bicyclic) bond motifs is 1. The number of hydrogen-bond donors (Lipinski definition) is 0. The third-order valence-corrected chi connectivity index (χ3v) is 3.72. The van der Waals surface area contributed by atoms with Crippen molar-refractivity contribution in [2.45, 2.75) is 13.8 Å². The smallest absolute Gasteiger partial charge is 0.176 e. The molecule has 0 aliphatic rings. The maximum Gasteiger partial charge on any atom is 0.176 e. The summed E-state index contributed by atoms with van der Waals surface area (Å²) in [5, 5.41) is 1.10. The highest BCUT2D eigenvalue weighted by atomic mass is 16.5. The molecule has 3 aromatic rings. The summed E-state index contributed by atoms with van der Waals surface area (Å²) in [5.41, 5.74) is 4.11. The molecule has 108 valence electrons. The van der Waals surface area contributed by atoms with E-state index in [2.05, 4.69) is 19.9 Å². The molecule has 0 bridgehead atoms. The van der Waals surface area contributed by atoms with Crippen molar-refractivity contribution in [3.05, 3.63) is 47.5 Å². The highest BCUT2D eigenvalue weighted by Gasteiger charge is 2.16. The Kier molecular flexibility index (Phi) is 3.34. The Labute approximate surface area is 124 Å². The number of hydrogen-bond acceptors (Lipinski definition) is 3. The molecule has 0 unspecified atom stereocenters. The van der Waals surface area contributed by atoms with Crippen LogP contribution in [0.5, 0.6) is 11.5 Å². The van der Waals surface area contributed by atoms with Gasteiger partial charge in [0, 0.05) is 16.5 Å². The van der Waals surface area contributed by atoms with Crippen LogP contribution < -0.4 is 9.47 Å². The molecular formula is C18H18O3. The van der Waals surface area contributed by atoms with Gasteiger partial charge in [0.2, 0.25) is 0 Å². The van der Waals surface area contributed by atoms with Crippen LogP contribution in [0, 0.1) is 13.8 Å². The zero-order valence-corrected chi connectivity index (χ0v) is 12.7. The average Bonchev–Trinajstić information content (AvgIpc) is 2.84. The summed E-state index contributed by atoms with van der Waals surface area (Å²) in [6, 6.07) is 12.0. The number of methoxy groups -OCH3 is 2. The summed E-state index contributed by atoms with van der Waals surface area (Å²) in [5.74, 6) is 2.48. The monoisotopic (exact) mass is 282 g/mol. The third-order valence-electron chi connectivity index (χ3n) is 3.72. The lowest BCUT2D eigenvalue weighted by molar-refractivity contribution is 0.410. The molecule has 1 heterocycles. The van der Waals surface area contributed by atoms with Gasteiger partial charge in [0.1, 0.15) is 11.5 Å². The van der Waals surface area contributed by atoms with E-state index in [-0.39, 0.29) is 0 Å². The van der Waals surface area contributed by atoms with Crippen molar-refractivity contribution in [1.82, 2.24) is 0 Å². The van der Waals surface area contributed by atoms with Crippen molar-refractivity contribution in [2.24, 2.45) is 0 Å². The first-order valence-corrected chi connectivity index (χ1v) is 6.86. The van der Waals surface area contributed by atoms with Gasteiger partial charge >= 0.3 is 0 Å². The van der Waals surface area contributed by atoms with Gasteiger partial charge in [0.15, 0.2) is 11.3 Å². The molecule has 0 aliphatic heterocycles. The Morgan fingerprint density at radius 2 is 1.62 bits per heavy atom. The number of rotatable bonds is 3. The van der Waals surface area contributed by atoms with Crippen LogP contribution in [0.15, 0.2) is 40.8 Å². The van der Waals surface area contributed by atoms with E-state index in [0.29, 0.717) is 0 Å². The van der Waals surface area contributed by atoms with E-state index in [1.54, 1.807) is 14.2 Å².